The van der Waals surface area contributed by atoms with Crippen molar-refractivity contribution >= 4 is 17.2 Å². The van der Waals surface area contributed by atoms with Crippen LogP contribution in [0.25, 0.3) is 0 Å². The van der Waals surface area contributed by atoms with Crippen molar-refractivity contribution in [3.05, 3.63) is 33.0 Å². The van der Waals surface area contributed by atoms with E-state index in [9.17, 15) is 4.79 Å². The highest BCUT2D eigenvalue weighted by atomic mass is 32.1. The number of nitrogens with zero attached hydrogens (tertiary/aromatic N) is 3. The molecule has 0 bridgehead atoms. The van der Waals surface area contributed by atoms with Gasteiger partial charge in [0.2, 0.25) is 0 Å². The van der Waals surface area contributed by atoms with Crippen molar-refractivity contribution in [2.45, 2.75) is 45.4 Å². The molecule has 0 aromatic carbocycles. The van der Waals surface area contributed by atoms with Gasteiger partial charge in [-0.1, -0.05) is 6.92 Å². The van der Waals surface area contributed by atoms with Crippen LogP contribution in [-0.2, 0) is 12.8 Å². The lowest BCUT2D eigenvalue weighted by atomic mass is 9.90. The number of thiazole rings is 1. The van der Waals surface area contributed by atoms with E-state index in [4.69, 9.17) is 4.98 Å². The molecular formula is C16H22N4OS. The zero-order valence-electron chi connectivity index (χ0n) is 13.3. The van der Waals surface area contributed by atoms with Crippen molar-refractivity contribution in [1.29, 1.82) is 0 Å². The summed E-state index contributed by atoms with van der Waals surface area (Å²) in [6, 6.07) is 1.85. The van der Waals surface area contributed by atoms with E-state index in [0.29, 0.717) is 18.2 Å². The third-order valence-corrected chi connectivity index (χ3v) is 5.30. The molecule has 1 amide bonds. The second-order valence-corrected chi connectivity index (χ2v) is 7.24. The molecule has 5 nitrogen and oxygen atoms in total. The number of H-pyrrole nitrogens is 1. The minimum Gasteiger partial charge on any atom is -0.340 e. The predicted octanol–water partition coefficient (Wildman–Crippen LogP) is 2.93. The Bertz CT molecular complexity index is 675. The third kappa shape index (κ3) is 2.92. The normalized spacial score (nSPS) is 17.3. The largest absolute Gasteiger partial charge is 0.340 e. The van der Waals surface area contributed by atoms with Crippen LogP contribution in [0.15, 0.2) is 6.07 Å². The number of aryl methyl sites for hydroxylation is 3. The summed E-state index contributed by atoms with van der Waals surface area (Å²) in [7, 11) is 1.86. The van der Waals surface area contributed by atoms with Gasteiger partial charge in [0, 0.05) is 30.1 Å². The summed E-state index contributed by atoms with van der Waals surface area (Å²) in [6.07, 6.45) is 4.28. The SMILES string of the molecule is CCc1cc(C(=O)N(C)CC2CCCc3sc(C)nc32)n[nH]1. The molecule has 0 aliphatic heterocycles. The van der Waals surface area contributed by atoms with Gasteiger partial charge in [-0.15, -0.1) is 11.3 Å². The lowest BCUT2D eigenvalue weighted by Crippen LogP contribution is -2.32. The summed E-state index contributed by atoms with van der Waals surface area (Å²) in [6.45, 7) is 4.81. The molecular weight excluding hydrogens is 296 g/mol. The first-order valence-corrected chi connectivity index (χ1v) is 8.66. The van der Waals surface area contributed by atoms with E-state index in [-0.39, 0.29) is 5.91 Å². The molecule has 0 saturated carbocycles. The average Bonchev–Trinajstić information content (AvgIpc) is 3.12. The highest BCUT2D eigenvalue weighted by Crippen LogP contribution is 2.35. The van der Waals surface area contributed by atoms with Gasteiger partial charge in [-0.3, -0.25) is 9.89 Å². The number of aromatic amines is 1. The Labute approximate surface area is 134 Å². The van der Waals surface area contributed by atoms with Crippen molar-refractivity contribution in [3.63, 3.8) is 0 Å². The monoisotopic (exact) mass is 318 g/mol. The molecule has 3 rings (SSSR count). The molecule has 118 valence electrons. The molecule has 1 aliphatic rings. The van der Waals surface area contributed by atoms with E-state index in [1.54, 1.807) is 16.2 Å². The summed E-state index contributed by atoms with van der Waals surface area (Å²) in [5.41, 5.74) is 2.71. The van der Waals surface area contributed by atoms with Gasteiger partial charge in [-0.05, 0) is 38.7 Å². The molecule has 1 aliphatic carbocycles. The number of nitrogens with one attached hydrogen (secondary N) is 1. The van der Waals surface area contributed by atoms with Crippen molar-refractivity contribution in [2.75, 3.05) is 13.6 Å². The zero-order chi connectivity index (χ0) is 15.7. The number of likely N-dealkylation sites (N-methyl/N-ethyl adjacent to an activating group) is 1. The summed E-state index contributed by atoms with van der Waals surface area (Å²) in [5.74, 6) is 0.335. The molecule has 22 heavy (non-hydrogen) atoms. The molecule has 1 unspecified atom stereocenters. The number of hydrogen-bond acceptors (Lipinski definition) is 4. The molecule has 0 saturated heterocycles. The first kappa shape index (κ1) is 15.2. The first-order valence-electron chi connectivity index (χ1n) is 7.84. The number of aromatic nitrogens is 3. The van der Waals surface area contributed by atoms with Gasteiger partial charge in [-0.2, -0.15) is 5.10 Å². The molecule has 2 heterocycles. The van der Waals surface area contributed by atoms with E-state index >= 15 is 0 Å². The summed E-state index contributed by atoms with van der Waals surface area (Å²) in [5, 5.41) is 8.16. The Morgan fingerprint density at radius 2 is 2.36 bits per heavy atom. The van der Waals surface area contributed by atoms with Crippen LogP contribution in [0.1, 0.15) is 57.4 Å². The fraction of sp³-hybridized carbons (Fsp3) is 0.562. The van der Waals surface area contributed by atoms with E-state index < -0.39 is 0 Å². The molecule has 0 spiro atoms. The van der Waals surface area contributed by atoms with Crippen LogP contribution in [0.4, 0.5) is 0 Å². The Hall–Kier alpha value is -1.69. The van der Waals surface area contributed by atoms with E-state index in [0.717, 1.165) is 30.0 Å². The van der Waals surface area contributed by atoms with E-state index in [1.807, 2.05) is 20.0 Å². The fourth-order valence-corrected chi connectivity index (χ4v) is 4.13. The molecule has 0 fully saturated rings. The Balaban J connectivity index is 1.71. The second kappa shape index (κ2) is 6.20. The average molecular weight is 318 g/mol. The van der Waals surface area contributed by atoms with Gasteiger partial charge < -0.3 is 4.90 Å². The van der Waals surface area contributed by atoms with Gasteiger partial charge in [0.25, 0.3) is 5.91 Å². The molecule has 2 aromatic rings. The number of amides is 1. The maximum Gasteiger partial charge on any atom is 0.274 e. The fourth-order valence-electron chi connectivity index (χ4n) is 3.07. The lowest BCUT2D eigenvalue weighted by Gasteiger charge is -2.26. The maximum absolute atomic E-state index is 12.5. The predicted molar refractivity (Wildman–Crippen MR) is 87.5 cm³/mol. The summed E-state index contributed by atoms with van der Waals surface area (Å²) >= 11 is 1.80. The molecule has 2 aromatic heterocycles. The first-order chi connectivity index (χ1) is 10.6. The van der Waals surface area contributed by atoms with Gasteiger partial charge in [0.15, 0.2) is 0 Å². The quantitative estimate of drug-likeness (QED) is 0.943. The minimum atomic E-state index is -0.0185. The Morgan fingerprint density at radius 1 is 1.55 bits per heavy atom. The number of hydrogen-bond donors (Lipinski definition) is 1. The van der Waals surface area contributed by atoms with Crippen molar-refractivity contribution in [3.8, 4) is 0 Å². The number of carbonyl (C=O) groups is 1. The van der Waals surface area contributed by atoms with Gasteiger partial charge in [0.1, 0.15) is 5.69 Å². The highest BCUT2D eigenvalue weighted by molar-refractivity contribution is 7.11. The maximum atomic E-state index is 12.5. The molecule has 1 atom stereocenters. The van der Waals surface area contributed by atoms with Crippen molar-refractivity contribution in [1.82, 2.24) is 20.1 Å². The van der Waals surface area contributed by atoms with Crippen LogP contribution in [0.5, 0.6) is 0 Å². The smallest absolute Gasteiger partial charge is 0.274 e. The number of fused-ring (bicyclic) bond motifs is 1. The Morgan fingerprint density at radius 3 is 3.09 bits per heavy atom. The van der Waals surface area contributed by atoms with Gasteiger partial charge >= 0.3 is 0 Å². The van der Waals surface area contributed by atoms with Crippen LogP contribution in [0, 0.1) is 6.92 Å². The van der Waals surface area contributed by atoms with Crippen LogP contribution in [-0.4, -0.2) is 39.6 Å². The minimum absolute atomic E-state index is 0.0185. The number of carbonyl (C=O) groups excluding carboxylic acids is 1. The lowest BCUT2D eigenvalue weighted by molar-refractivity contribution is 0.0777. The van der Waals surface area contributed by atoms with Gasteiger partial charge in [0.05, 0.1) is 10.7 Å². The summed E-state index contributed by atoms with van der Waals surface area (Å²) < 4.78 is 0. The molecule has 6 heteroatoms. The van der Waals surface area contributed by atoms with Crippen molar-refractivity contribution in [2.24, 2.45) is 0 Å². The van der Waals surface area contributed by atoms with Crippen LogP contribution in [0.2, 0.25) is 0 Å². The van der Waals surface area contributed by atoms with Crippen LogP contribution >= 0.6 is 11.3 Å². The van der Waals surface area contributed by atoms with Gasteiger partial charge in [-0.25, -0.2) is 4.98 Å². The zero-order valence-corrected chi connectivity index (χ0v) is 14.2. The van der Waals surface area contributed by atoms with Crippen LogP contribution in [0.3, 0.4) is 0 Å². The molecule has 1 N–H and O–H groups in total. The Kier molecular flexibility index (Phi) is 4.29. The third-order valence-electron chi connectivity index (χ3n) is 4.25. The molecule has 0 radical (unpaired) electrons. The second-order valence-electron chi connectivity index (χ2n) is 5.95. The topological polar surface area (TPSA) is 61.9 Å². The standard InChI is InChI=1S/C16H22N4OS/c1-4-12-8-13(19-18-12)16(21)20(3)9-11-6-5-7-14-15(11)17-10(2)22-14/h8,11H,4-7,9H2,1-3H3,(H,18,19). The summed E-state index contributed by atoms with van der Waals surface area (Å²) in [4.78, 5) is 20.4. The van der Waals surface area contributed by atoms with Crippen molar-refractivity contribution < 1.29 is 4.79 Å². The van der Waals surface area contributed by atoms with Crippen LogP contribution < -0.4 is 0 Å². The number of rotatable bonds is 4. The highest BCUT2D eigenvalue weighted by Gasteiger charge is 2.27. The van der Waals surface area contributed by atoms with E-state index in [2.05, 4.69) is 17.1 Å². The van der Waals surface area contributed by atoms with E-state index in [1.165, 1.54) is 17.0 Å².